The first-order valence-electron chi connectivity index (χ1n) is 7.63. The summed E-state index contributed by atoms with van der Waals surface area (Å²) in [5, 5.41) is 16.5. The topological polar surface area (TPSA) is 70.1 Å². The molecule has 5 heteroatoms. The molecule has 3 rings (SSSR count). The van der Waals surface area contributed by atoms with E-state index in [4.69, 9.17) is 4.98 Å². The zero-order chi connectivity index (χ0) is 14.2. The highest BCUT2D eigenvalue weighted by Crippen LogP contribution is 2.40. The monoisotopic (exact) mass is 276 g/mol. The summed E-state index contributed by atoms with van der Waals surface area (Å²) < 4.78 is 0. The summed E-state index contributed by atoms with van der Waals surface area (Å²) in [6.45, 7) is 2.20. The fourth-order valence-corrected chi connectivity index (χ4v) is 3.05. The molecule has 0 atom stereocenters. The van der Waals surface area contributed by atoms with Crippen LogP contribution in [-0.2, 0) is 0 Å². The van der Waals surface area contributed by atoms with Crippen molar-refractivity contribution >= 4 is 11.6 Å². The number of aromatic nitrogens is 2. The smallest absolute Gasteiger partial charge is 0.136 e. The van der Waals surface area contributed by atoms with E-state index in [0.717, 1.165) is 35.9 Å². The lowest BCUT2D eigenvalue weighted by Gasteiger charge is -2.30. The maximum atomic E-state index is 9.76. The summed E-state index contributed by atoms with van der Waals surface area (Å²) in [5.74, 6) is 3.25. The SMILES string of the molecule is CNc1nc(C2CC2)nc(NC2(CO)CCCC2)c1C. The van der Waals surface area contributed by atoms with Gasteiger partial charge in [0.25, 0.3) is 0 Å². The lowest BCUT2D eigenvalue weighted by Crippen LogP contribution is -2.39. The molecule has 2 aliphatic carbocycles. The first-order valence-corrected chi connectivity index (χ1v) is 7.63. The number of rotatable bonds is 5. The third kappa shape index (κ3) is 2.46. The van der Waals surface area contributed by atoms with E-state index in [1.807, 2.05) is 14.0 Å². The predicted molar refractivity (Wildman–Crippen MR) is 80.2 cm³/mol. The molecular formula is C15H24N4O. The van der Waals surface area contributed by atoms with E-state index in [2.05, 4.69) is 15.6 Å². The summed E-state index contributed by atoms with van der Waals surface area (Å²) in [4.78, 5) is 9.34. The number of nitrogens with zero attached hydrogens (tertiary/aromatic N) is 2. The maximum Gasteiger partial charge on any atom is 0.136 e. The van der Waals surface area contributed by atoms with Crippen molar-refractivity contribution in [2.45, 2.75) is 56.9 Å². The van der Waals surface area contributed by atoms with E-state index in [1.54, 1.807) is 0 Å². The van der Waals surface area contributed by atoms with Crippen LogP contribution in [0, 0.1) is 6.92 Å². The highest BCUT2D eigenvalue weighted by atomic mass is 16.3. The van der Waals surface area contributed by atoms with Gasteiger partial charge in [0.1, 0.15) is 17.5 Å². The van der Waals surface area contributed by atoms with Gasteiger partial charge in [-0.15, -0.1) is 0 Å². The minimum Gasteiger partial charge on any atom is -0.394 e. The van der Waals surface area contributed by atoms with Crippen LogP contribution in [0.3, 0.4) is 0 Å². The predicted octanol–water partition coefficient (Wildman–Crippen LogP) is 2.42. The summed E-state index contributed by atoms with van der Waals surface area (Å²) in [6, 6.07) is 0. The molecule has 20 heavy (non-hydrogen) atoms. The second-order valence-electron chi connectivity index (χ2n) is 6.20. The Hall–Kier alpha value is -1.36. The average Bonchev–Trinajstić information content (AvgIpc) is 3.21. The Kier molecular flexibility index (Phi) is 3.54. The minimum absolute atomic E-state index is 0.171. The fourth-order valence-electron chi connectivity index (χ4n) is 3.05. The van der Waals surface area contributed by atoms with Gasteiger partial charge >= 0.3 is 0 Å². The number of hydrogen-bond acceptors (Lipinski definition) is 5. The molecule has 0 spiro atoms. The molecule has 1 aromatic rings. The second kappa shape index (κ2) is 5.20. The van der Waals surface area contributed by atoms with Gasteiger partial charge in [-0.3, -0.25) is 0 Å². The first kappa shape index (κ1) is 13.6. The molecular weight excluding hydrogens is 252 g/mol. The van der Waals surface area contributed by atoms with E-state index < -0.39 is 0 Å². The fraction of sp³-hybridized carbons (Fsp3) is 0.733. The molecule has 1 aromatic heterocycles. The Bertz CT molecular complexity index is 493. The Labute approximate surface area is 120 Å². The quantitative estimate of drug-likeness (QED) is 0.770. The number of hydrogen-bond donors (Lipinski definition) is 3. The van der Waals surface area contributed by atoms with Crippen LogP contribution in [0.4, 0.5) is 11.6 Å². The van der Waals surface area contributed by atoms with Gasteiger partial charge < -0.3 is 15.7 Å². The van der Waals surface area contributed by atoms with Gasteiger partial charge in [0.15, 0.2) is 0 Å². The summed E-state index contributed by atoms with van der Waals surface area (Å²) in [7, 11) is 1.90. The molecule has 5 nitrogen and oxygen atoms in total. The Morgan fingerprint density at radius 2 is 1.85 bits per heavy atom. The van der Waals surface area contributed by atoms with E-state index in [1.165, 1.54) is 25.7 Å². The zero-order valence-electron chi connectivity index (χ0n) is 12.4. The Morgan fingerprint density at radius 1 is 1.20 bits per heavy atom. The normalized spacial score (nSPS) is 20.9. The first-order chi connectivity index (χ1) is 9.67. The molecule has 0 aliphatic heterocycles. The van der Waals surface area contributed by atoms with E-state index >= 15 is 0 Å². The van der Waals surface area contributed by atoms with Gasteiger partial charge in [0.05, 0.1) is 12.1 Å². The van der Waals surface area contributed by atoms with Crippen molar-refractivity contribution < 1.29 is 5.11 Å². The van der Waals surface area contributed by atoms with Crippen LogP contribution >= 0.6 is 0 Å². The minimum atomic E-state index is -0.190. The third-order valence-electron chi connectivity index (χ3n) is 4.59. The molecule has 0 unspecified atom stereocenters. The molecule has 2 aliphatic rings. The number of aliphatic hydroxyl groups is 1. The van der Waals surface area contributed by atoms with E-state index in [0.29, 0.717) is 5.92 Å². The lowest BCUT2D eigenvalue weighted by molar-refractivity contribution is 0.213. The van der Waals surface area contributed by atoms with Gasteiger partial charge in [0, 0.05) is 18.5 Å². The second-order valence-corrected chi connectivity index (χ2v) is 6.20. The van der Waals surface area contributed by atoms with Crippen molar-refractivity contribution in [2.75, 3.05) is 24.3 Å². The highest BCUT2D eigenvalue weighted by Gasteiger charge is 2.35. The number of aliphatic hydroxyl groups excluding tert-OH is 1. The standard InChI is InChI=1S/C15H24N4O/c1-10-12(16-2)17-14(11-5-6-11)18-13(10)19-15(9-20)7-3-4-8-15/h11,20H,3-9H2,1-2H3,(H2,16,17,18,19). The summed E-state index contributed by atoms with van der Waals surface area (Å²) in [5.41, 5.74) is 0.849. The van der Waals surface area contributed by atoms with E-state index in [-0.39, 0.29) is 12.1 Å². The van der Waals surface area contributed by atoms with Crippen LogP contribution in [0.2, 0.25) is 0 Å². The molecule has 1 heterocycles. The van der Waals surface area contributed by atoms with Gasteiger partial charge in [-0.2, -0.15) is 0 Å². The van der Waals surface area contributed by atoms with Crippen molar-refractivity contribution in [3.63, 3.8) is 0 Å². The average molecular weight is 276 g/mol. The summed E-state index contributed by atoms with van der Waals surface area (Å²) in [6.07, 6.45) is 6.76. The maximum absolute atomic E-state index is 9.76. The number of anilines is 2. The van der Waals surface area contributed by atoms with Crippen LogP contribution in [0.25, 0.3) is 0 Å². The molecule has 110 valence electrons. The molecule has 0 saturated heterocycles. The molecule has 0 bridgehead atoms. The van der Waals surface area contributed by atoms with Gasteiger partial charge in [-0.05, 0) is 32.6 Å². The van der Waals surface area contributed by atoms with Crippen LogP contribution in [0.1, 0.15) is 55.8 Å². The van der Waals surface area contributed by atoms with Crippen molar-refractivity contribution in [3.8, 4) is 0 Å². The highest BCUT2D eigenvalue weighted by molar-refractivity contribution is 5.58. The molecule has 2 saturated carbocycles. The third-order valence-corrected chi connectivity index (χ3v) is 4.59. The Morgan fingerprint density at radius 3 is 2.40 bits per heavy atom. The molecule has 2 fully saturated rings. The largest absolute Gasteiger partial charge is 0.394 e. The van der Waals surface area contributed by atoms with Crippen LogP contribution < -0.4 is 10.6 Å². The lowest BCUT2D eigenvalue weighted by atomic mass is 9.98. The van der Waals surface area contributed by atoms with Gasteiger partial charge in [0.2, 0.25) is 0 Å². The van der Waals surface area contributed by atoms with Crippen LogP contribution in [0.15, 0.2) is 0 Å². The van der Waals surface area contributed by atoms with Crippen molar-refractivity contribution in [1.29, 1.82) is 0 Å². The van der Waals surface area contributed by atoms with Gasteiger partial charge in [-0.1, -0.05) is 12.8 Å². The van der Waals surface area contributed by atoms with Crippen LogP contribution in [-0.4, -0.2) is 34.3 Å². The number of nitrogens with one attached hydrogen (secondary N) is 2. The van der Waals surface area contributed by atoms with E-state index in [9.17, 15) is 5.11 Å². The van der Waals surface area contributed by atoms with Crippen molar-refractivity contribution in [1.82, 2.24) is 9.97 Å². The molecule has 0 amide bonds. The van der Waals surface area contributed by atoms with Crippen molar-refractivity contribution in [3.05, 3.63) is 11.4 Å². The van der Waals surface area contributed by atoms with Crippen LogP contribution in [0.5, 0.6) is 0 Å². The Balaban J connectivity index is 1.92. The van der Waals surface area contributed by atoms with Gasteiger partial charge in [-0.25, -0.2) is 9.97 Å². The zero-order valence-corrected chi connectivity index (χ0v) is 12.4. The molecule has 0 radical (unpaired) electrons. The molecule has 0 aromatic carbocycles. The van der Waals surface area contributed by atoms with Crippen molar-refractivity contribution in [2.24, 2.45) is 0 Å². The molecule has 3 N–H and O–H groups in total. The summed E-state index contributed by atoms with van der Waals surface area (Å²) >= 11 is 0.